The Morgan fingerprint density at radius 2 is 1.78 bits per heavy atom. The number of ether oxygens (including phenoxy) is 2. The lowest BCUT2D eigenvalue weighted by atomic mass is 10.0. The van der Waals surface area contributed by atoms with Gasteiger partial charge in [-0.2, -0.15) is 9.61 Å². The number of nitrogens with zero attached hydrogens (tertiary/aromatic N) is 2. The smallest absolute Gasteiger partial charge is 0.337 e. The molecule has 0 radical (unpaired) electrons. The number of nitrogens with one attached hydrogen (secondary N) is 1. The normalized spacial score (nSPS) is 11.8. The fourth-order valence-electron chi connectivity index (χ4n) is 3.98. The summed E-state index contributed by atoms with van der Waals surface area (Å²) in [5, 5.41) is 7.24. The van der Waals surface area contributed by atoms with Crippen molar-refractivity contribution in [2.45, 2.75) is 26.5 Å². The number of esters is 1. The van der Waals surface area contributed by atoms with Gasteiger partial charge < -0.3 is 20.5 Å². The molecule has 0 saturated heterocycles. The van der Waals surface area contributed by atoms with Gasteiger partial charge in [0, 0.05) is 18.7 Å². The standard InChI is InChI=1S/C27H26F2N4O4/c1-15-10-23-25(26(34)31-13-22(30)17-6-4-7-18(12-17)27(35)36-3)16(2)32-33(23)24(11-15)37-14-19-20(28)8-5-9-21(19)29/h4-12,22H,13-14,30H2,1-3H3,(H,31,34). The predicted molar refractivity (Wildman–Crippen MR) is 132 cm³/mol. The summed E-state index contributed by atoms with van der Waals surface area (Å²) >= 11 is 0. The van der Waals surface area contributed by atoms with Crippen LogP contribution in [0.3, 0.4) is 0 Å². The maximum Gasteiger partial charge on any atom is 0.337 e. The van der Waals surface area contributed by atoms with E-state index in [0.717, 1.165) is 17.7 Å². The number of pyridine rings is 1. The second kappa shape index (κ2) is 10.8. The third-order valence-electron chi connectivity index (χ3n) is 5.89. The van der Waals surface area contributed by atoms with Gasteiger partial charge in [0.05, 0.1) is 35.0 Å². The molecule has 37 heavy (non-hydrogen) atoms. The lowest BCUT2D eigenvalue weighted by molar-refractivity contribution is 0.0600. The van der Waals surface area contributed by atoms with E-state index in [2.05, 4.69) is 10.4 Å². The zero-order valence-corrected chi connectivity index (χ0v) is 20.5. The second-order valence-electron chi connectivity index (χ2n) is 8.55. The van der Waals surface area contributed by atoms with Crippen molar-refractivity contribution in [3.05, 3.63) is 99.7 Å². The molecule has 8 nitrogen and oxygen atoms in total. The lowest BCUT2D eigenvalue weighted by Crippen LogP contribution is -2.32. The number of fused-ring (bicyclic) bond motifs is 1. The van der Waals surface area contributed by atoms with Crippen LogP contribution in [0.5, 0.6) is 5.88 Å². The van der Waals surface area contributed by atoms with Crippen LogP contribution in [0, 0.1) is 25.5 Å². The predicted octanol–water partition coefficient (Wildman–Crippen LogP) is 4.02. The average molecular weight is 509 g/mol. The van der Waals surface area contributed by atoms with Crippen molar-refractivity contribution < 1.29 is 27.8 Å². The zero-order valence-electron chi connectivity index (χ0n) is 20.5. The Labute approximate surface area is 212 Å². The minimum atomic E-state index is -0.714. The third-order valence-corrected chi connectivity index (χ3v) is 5.89. The lowest BCUT2D eigenvalue weighted by Gasteiger charge is -2.14. The number of benzene rings is 2. The first-order chi connectivity index (χ1) is 17.7. The van der Waals surface area contributed by atoms with Crippen molar-refractivity contribution in [2.75, 3.05) is 13.7 Å². The number of carbonyl (C=O) groups excluding carboxylic acids is 2. The summed E-state index contributed by atoms with van der Waals surface area (Å²) in [5.41, 5.74) is 9.07. The van der Waals surface area contributed by atoms with Gasteiger partial charge in [-0.1, -0.05) is 18.2 Å². The Morgan fingerprint density at radius 3 is 2.49 bits per heavy atom. The fourth-order valence-corrected chi connectivity index (χ4v) is 3.98. The maximum absolute atomic E-state index is 14.0. The van der Waals surface area contributed by atoms with Gasteiger partial charge in [-0.25, -0.2) is 13.6 Å². The third kappa shape index (κ3) is 5.44. The Morgan fingerprint density at radius 1 is 1.08 bits per heavy atom. The number of methoxy groups -OCH3 is 1. The first-order valence-corrected chi connectivity index (χ1v) is 11.5. The highest BCUT2D eigenvalue weighted by Gasteiger charge is 2.21. The number of rotatable bonds is 8. The summed E-state index contributed by atoms with van der Waals surface area (Å²) < 4.78 is 40.0. The van der Waals surface area contributed by atoms with Crippen molar-refractivity contribution >= 4 is 17.4 Å². The molecular formula is C27H26F2N4O4. The van der Waals surface area contributed by atoms with Crippen LogP contribution in [0.25, 0.3) is 5.52 Å². The highest BCUT2D eigenvalue weighted by atomic mass is 19.1. The summed E-state index contributed by atoms with van der Waals surface area (Å²) in [4.78, 5) is 25.0. The molecule has 0 bridgehead atoms. The molecule has 0 saturated carbocycles. The summed E-state index contributed by atoms with van der Waals surface area (Å²) in [7, 11) is 1.30. The van der Waals surface area contributed by atoms with E-state index in [0.29, 0.717) is 27.9 Å². The van der Waals surface area contributed by atoms with E-state index in [1.807, 2.05) is 6.92 Å². The topological polar surface area (TPSA) is 108 Å². The molecule has 0 aliphatic rings. The zero-order chi connectivity index (χ0) is 26.7. The summed E-state index contributed by atoms with van der Waals surface area (Å²) in [6, 6.07) is 13.1. The van der Waals surface area contributed by atoms with Crippen molar-refractivity contribution in [1.82, 2.24) is 14.9 Å². The Bertz CT molecular complexity index is 1460. The van der Waals surface area contributed by atoms with Crippen molar-refractivity contribution in [1.29, 1.82) is 0 Å². The minimum Gasteiger partial charge on any atom is -0.473 e. The van der Waals surface area contributed by atoms with Gasteiger partial charge in [-0.05, 0) is 55.3 Å². The van der Waals surface area contributed by atoms with Crippen LogP contribution in [0.4, 0.5) is 8.78 Å². The number of aromatic nitrogens is 2. The summed E-state index contributed by atoms with van der Waals surface area (Å²) in [6.45, 7) is 3.24. The molecule has 0 aliphatic carbocycles. The van der Waals surface area contributed by atoms with E-state index < -0.39 is 29.6 Å². The van der Waals surface area contributed by atoms with Crippen molar-refractivity contribution in [3.8, 4) is 5.88 Å². The minimum absolute atomic E-state index is 0.0992. The van der Waals surface area contributed by atoms with Gasteiger partial charge >= 0.3 is 5.97 Å². The molecular weight excluding hydrogens is 482 g/mol. The number of hydrogen-bond donors (Lipinski definition) is 2. The molecule has 4 aromatic rings. The van der Waals surface area contributed by atoms with Gasteiger partial charge in [0.15, 0.2) is 0 Å². The molecule has 192 valence electrons. The number of carbonyl (C=O) groups is 2. The fraction of sp³-hybridized carbons (Fsp3) is 0.222. The maximum atomic E-state index is 14.0. The summed E-state index contributed by atoms with van der Waals surface area (Å²) in [6.07, 6.45) is 0. The molecule has 1 atom stereocenters. The molecule has 2 aromatic carbocycles. The Kier molecular flexibility index (Phi) is 7.49. The van der Waals surface area contributed by atoms with Gasteiger partial charge in [0.2, 0.25) is 5.88 Å². The molecule has 4 rings (SSSR count). The number of amides is 1. The molecule has 2 heterocycles. The van der Waals surface area contributed by atoms with E-state index >= 15 is 0 Å². The molecule has 3 N–H and O–H groups in total. The molecule has 2 aromatic heterocycles. The number of nitrogens with two attached hydrogens (primary N) is 1. The summed E-state index contributed by atoms with van der Waals surface area (Å²) in [5.74, 6) is -2.07. The van der Waals surface area contributed by atoms with E-state index in [1.165, 1.54) is 17.7 Å². The number of hydrogen-bond acceptors (Lipinski definition) is 6. The Hall–Kier alpha value is -4.31. The highest BCUT2D eigenvalue weighted by Crippen LogP contribution is 2.25. The molecule has 1 unspecified atom stereocenters. The molecule has 10 heteroatoms. The highest BCUT2D eigenvalue weighted by molar-refractivity contribution is 6.02. The van der Waals surface area contributed by atoms with Crippen LogP contribution in [0.1, 0.15) is 49.1 Å². The number of halogens is 2. The van der Waals surface area contributed by atoms with E-state index in [-0.39, 0.29) is 24.6 Å². The van der Waals surface area contributed by atoms with E-state index in [1.54, 1.807) is 43.3 Å². The first kappa shape index (κ1) is 25.8. The van der Waals surface area contributed by atoms with Crippen LogP contribution in [0.15, 0.2) is 54.6 Å². The Balaban J connectivity index is 1.54. The van der Waals surface area contributed by atoms with E-state index in [9.17, 15) is 18.4 Å². The molecule has 0 spiro atoms. The van der Waals surface area contributed by atoms with Crippen LogP contribution in [0.2, 0.25) is 0 Å². The molecule has 1 amide bonds. The second-order valence-corrected chi connectivity index (χ2v) is 8.55. The van der Waals surface area contributed by atoms with Gasteiger partial charge in [-0.3, -0.25) is 4.79 Å². The van der Waals surface area contributed by atoms with Crippen LogP contribution in [-0.2, 0) is 11.3 Å². The van der Waals surface area contributed by atoms with Crippen LogP contribution >= 0.6 is 0 Å². The van der Waals surface area contributed by atoms with Gasteiger partial charge in [-0.15, -0.1) is 0 Å². The quantitative estimate of drug-likeness (QED) is 0.348. The first-order valence-electron chi connectivity index (χ1n) is 11.5. The molecule has 0 aliphatic heterocycles. The van der Waals surface area contributed by atoms with Crippen LogP contribution in [-0.4, -0.2) is 35.1 Å². The van der Waals surface area contributed by atoms with E-state index in [4.69, 9.17) is 15.2 Å². The van der Waals surface area contributed by atoms with Crippen LogP contribution < -0.4 is 15.8 Å². The van der Waals surface area contributed by atoms with Crippen molar-refractivity contribution in [2.24, 2.45) is 5.73 Å². The molecule has 0 fully saturated rings. The van der Waals surface area contributed by atoms with Gasteiger partial charge in [0.25, 0.3) is 5.91 Å². The largest absolute Gasteiger partial charge is 0.473 e. The SMILES string of the molecule is COC(=O)c1cccc(C(N)CNC(=O)c2c(C)nn3c(OCc4c(F)cccc4F)cc(C)cc23)c1. The number of aryl methyl sites for hydroxylation is 2. The van der Waals surface area contributed by atoms with Gasteiger partial charge in [0.1, 0.15) is 18.2 Å². The monoisotopic (exact) mass is 508 g/mol. The van der Waals surface area contributed by atoms with Crippen molar-refractivity contribution in [3.63, 3.8) is 0 Å². The average Bonchev–Trinajstić information content (AvgIpc) is 3.21.